The van der Waals surface area contributed by atoms with E-state index in [4.69, 9.17) is 14.9 Å². The largest absolute Gasteiger partial charge is 0.497 e. The average molecular weight is 345 g/mol. The molecule has 0 aliphatic heterocycles. The van der Waals surface area contributed by atoms with Crippen LogP contribution in [0, 0.1) is 5.41 Å². The van der Waals surface area contributed by atoms with Crippen LogP contribution in [0.5, 0.6) is 11.5 Å². The van der Waals surface area contributed by atoms with Crippen LogP contribution in [-0.4, -0.2) is 25.7 Å². The Kier molecular flexibility index (Phi) is 5.13. The molecule has 130 valence electrons. The Morgan fingerprint density at radius 1 is 0.692 bits per heavy atom. The number of hydrogen-bond acceptors (Lipinski definition) is 4. The van der Waals surface area contributed by atoms with E-state index >= 15 is 0 Å². The topological polar surface area (TPSA) is 59.4 Å². The second-order valence-electron chi connectivity index (χ2n) is 5.74. The third kappa shape index (κ3) is 3.64. The Hall–Kier alpha value is -3.40. The number of hydrogen-bond donors (Lipinski definition) is 1. The standard InChI is InChI=1S/C22H19NO3/c1-25-19-10-6-15(7-11-19)21(23)17-4-3-5-18(14-17)22(24)16-8-12-20(26-2)13-9-16/h3-14,23H,1-2H3. The minimum absolute atomic E-state index is 0.0861. The lowest BCUT2D eigenvalue weighted by Gasteiger charge is -2.08. The van der Waals surface area contributed by atoms with Gasteiger partial charge in [0.15, 0.2) is 5.78 Å². The van der Waals surface area contributed by atoms with Gasteiger partial charge in [-0.3, -0.25) is 10.2 Å². The number of ketones is 1. The molecule has 0 spiro atoms. The molecule has 4 heteroatoms. The van der Waals surface area contributed by atoms with E-state index in [1.54, 1.807) is 56.7 Å². The Balaban J connectivity index is 1.86. The quantitative estimate of drug-likeness (QED) is 0.534. The zero-order valence-corrected chi connectivity index (χ0v) is 14.7. The van der Waals surface area contributed by atoms with Crippen molar-refractivity contribution in [3.05, 3.63) is 95.1 Å². The van der Waals surface area contributed by atoms with Crippen LogP contribution in [0.3, 0.4) is 0 Å². The molecule has 0 fully saturated rings. The van der Waals surface area contributed by atoms with Gasteiger partial charge in [-0.25, -0.2) is 0 Å². The van der Waals surface area contributed by atoms with Crippen LogP contribution in [0.2, 0.25) is 0 Å². The van der Waals surface area contributed by atoms with E-state index in [9.17, 15) is 4.79 Å². The molecule has 4 nitrogen and oxygen atoms in total. The molecule has 0 unspecified atom stereocenters. The van der Waals surface area contributed by atoms with Gasteiger partial charge in [0.05, 0.1) is 19.9 Å². The fourth-order valence-electron chi connectivity index (χ4n) is 2.65. The highest BCUT2D eigenvalue weighted by Gasteiger charge is 2.12. The first-order chi connectivity index (χ1) is 12.6. The molecule has 0 aliphatic carbocycles. The second kappa shape index (κ2) is 7.66. The molecular weight excluding hydrogens is 326 g/mol. The molecule has 0 heterocycles. The van der Waals surface area contributed by atoms with Gasteiger partial charge in [-0.2, -0.15) is 0 Å². The summed E-state index contributed by atoms with van der Waals surface area (Å²) in [6.07, 6.45) is 0. The van der Waals surface area contributed by atoms with Crippen LogP contribution < -0.4 is 9.47 Å². The number of benzene rings is 3. The lowest BCUT2D eigenvalue weighted by atomic mass is 9.97. The van der Waals surface area contributed by atoms with Crippen molar-refractivity contribution in [1.82, 2.24) is 0 Å². The lowest BCUT2D eigenvalue weighted by Crippen LogP contribution is -2.06. The third-order valence-corrected chi connectivity index (χ3v) is 4.14. The van der Waals surface area contributed by atoms with Crippen LogP contribution in [0.1, 0.15) is 27.0 Å². The van der Waals surface area contributed by atoms with Crippen molar-refractivity contribution in [3.8, 4) is 11.5 Å². The molecule has 26 heavy (non-hydrogen) atoms. The van der Waals surface area contributed by atoms with E-state index in [1.165, 1.54) is 0 Å². The summed E-state index contributed by atoms with van der Waals surface area (Å²) in [4.78, 5) is 12.7. The zero-order chi connectivity index (χ0) is 18.5. The zero-order valence-electron chi connectivity index (χ0n) is 14.7. The van der Waals surface area contributed by atoms with Gasteiger partial charge in [0, 0.05) is 22.3 Å². The van der Waals surface area contributed by atoms with E-state index in [1.807, 2.05) is 30.3 Å². The molecule has 0 saturated heterocycles. The first-order valence-electron chi connectivity index (χ1n) is 8.14. The van der Waals surface area contributed by atoms with Gasteiger partial charge in [-0.05, 0) is 54.6 Å². The summed E-state index contributed by atoms with van der Waals surface area (Å²) in [5.74, 6) is 1.36. The minimum atomic E-state index is -0.0861. The molecule has 0 aliphatic rings. The van der Waals surface area contributed by atoms with Crippen LogP contribution in [0.15, 0.2) is 72.8 Å². The van der Waals surface area contributed by atoms with Crippen molar-refractivity contribution in [2.45, 2.75) is 0 Å². The summed E-state index contributed by atoms with van der Waals surface area (Å²) in [6.45, 7) is 0. The predicted molar refractivity (Wildman–Crippen MR) is 102 cm³/mol. The van der Waals surface area contributed by atoms with Gasteiger partial charge in [0.25, 0.3) is 0 Å². The van der Waals surface area contributed by atoms with Gasteiger partial charge < -0.3 is 9.47 Å². The van der Waals surface area contributed by atoms with Gasteiger partial charge in [-0.15, -0.1) is 0 Å². The highest BCUT2D eigenvalue weighted by Crippen LogP contribution is 2.19. The van der Waals surface area contributed by atoms with E-state index in [0.29, 0.717) is 28.2 Å². The predicted octanol–water partition coefficient (Wildman–Crippen LogP) is 4.35. The smallest absolute Gasteiger partial charge is 0.193 e. The number of nitrogens with one attached hydrogen (secondary N) is 1. The Morgan fingerprint density at radius 3 is 1.73 bits per heavy atom. The first-order valence-corrected chi connectivity index (χ1v) is 8.14. The summed E-state index contributed by atoms with van der Waals surface area (Å²) < 4.78 is 10.3. The van der Waals surface area contributed by atoms with Gasteiger partial charge in [-0.1, -0.05) is 18.2 Å². The van der Waals surface area contributed by atoms with E-state index < -0.39 is 0 Å². The van der Waals surface area contributed by atoms with Crippen molar-refractivity contribution < 1.29 is 14.3 Å². The van der Waals surface area contributed by atoms with E-state index in [2.05, 4.69) is 0 Å². The Labute approximate surface area is 152 Å². The van der Waals surface area contributed by atoms with Crippen LogP contribution in [0.25, 0.3) is 0 Å². The summed E-state index contributed by atoms with van der Waals surface area (Å²) in [5, 5.41) is 8.43. The van der Waals surface area contributed by atoms with Crippen LogP contribution in [0.4, 0.5) is 0 Å². The van der Waals surface area contributed by atoms with Crippen molar-refractivity contribution in [3.63, 3.8) is 0 Å². The number of carbonyl (C=O) groups excluding carboxylic acids is 1. The first kappa shape index (κ1) is 17.4. The molecule has 3 rings (SSSR count). The minimum Gasteiger partial charge on any atom is -0.497 e. The molecule has 0 bridgehead atoms. The second-order valence-corrected chi connectivity index (χ2v) is 5.74. The molecule has 0 amide bonds. The van der Waals surface area contributed by atoms with Crippen molar-refractivity contribution in [2.75, 3.05) is 14.2 Å². The molecular formula is C22H19NO3. The van der Waals surface area contributed by atoms with E-state index in [-0.39, 0.29) is 5.78 Å². The molecule has 3 aromatic carbocycles. The third-order valence-electron chi connectivity index (χ3n) is 4.14. The van der Waals surface area contributed by atoms with Gasteiger partial charge >= 0.3 is 0 Å². The number of rotatable bonds is 6. The summed E-state index contributed by atoms with van der Waals surface area (Å²) in [6, 6.07) is 21.4. The fraction of sp³-hybridized carbons (Fsp3) is 0.0909. The maximum atomic E-state index is 12.7. The highest BCUT2D eigenvalue weighted by atomic mass is 16.5. The molecule has 1 N–H and O–H groups in total. The maximum Gasteiger partial charge on any atom is 0.193 e. The van der Waals surface area contributed by atoms with Crippen molar-refractivity contribution in [2.24, 2.45) is 0 Å². The lowest BCUT2D eigenvalue weighted by molar-refractivity contribution is 0.103. The summed E-state index contributed by atoms with van der Waals surface area (Å²) >= 11 is 0. The van der Waals surface area contributed by atoms with Crippen LogP contribution in [-0.2, 0) is 0 Å². The number of carbonyl (C=O) groups is 1. The van der Waals surface area contributed by atoms with Gasteiger partial charge in [0.2, 0.25) is 0 Å². The summed E-state index contributed by atoms with van der Waals surface area (Å²) in [5.41, 5.74) is 2.94. The number of ether oxygens (including phenoxy) is 2. The number of methoxy groups -OCH3 is 2. The highest BCUT2D eigenvalue weighted by molar-refractivity contribution is 6.14. The van der Waals surface area contributed by atoms with Crippen molar-refractivity contribution in [1.29, 1.82) is 5.41 Å². The summed E-state index contributed by atoms with van der Waals surface area (Å²) in [7, 11) is 3.19. The Bertz CT molecular complexity index is 854. The maximum absolute atomic E-state index is 12.7. The molecule has 0 aromatic heterocycles. The Morgan fingerprint density at radius 2 is 1.19 bits per heavy atom. The van der Waals surface area contributed by atoms with Crippen LogP contribution >= 0.6 is 0 Å². The molecule has 3 aromatic rings. The fourth-order valence-corrected chi connectivity index (χ4v) is 2.65. The SMILES string of the molecule is COc1ccc(C(=N)c2cccc(C(=O)c3ccc(OC)cc3)c2)cc1. The molecule has 0 saturated carbocycles. The van der Waals surface area contributed by atoms with E-state index in [0.717, 1.165) is 11.3 Å². The monoisotopic (exact) mass is 345 g/mol. The van der Waals surface area contributed by atoms with Crippen molar-refractivity contribution >= 4 is 11.5 Å². The molecule has 0 radical (unpaired) electrons. The van der Waals surface area contributed by atoms with Gasteiger partial charge in [0.1, 0.15) is 11.5 Å². The molecule has 0 atom stereocenters. The average Bonchev–Trinajstić information content (AvgIpc) is 2.73. The normalized spacial score (nSPS) is 10.2.